The van der Waals surface area contributed by atoms with E-state index in [1.807, 2.05) is 19.1 Å². The molecule has 3 aromatic carbocycles. The van der Waals surface area contributed by atoms with E-state index in [-0.39, 0.29) is 0 Å². The predicted molar refractivity (Wildman–Crippen MR) is 131 cm³/mol. The van der Waals surface area contributed by atoms with Crippen molar-refractivity contribution in [2.45, 2.75) is 20.0 Å². The van der Waals surface area contributed by atoms with Crippen molar-refractivity contribution in [1.82, 2.24) is 5.43 Å². The van der Waals surface area contributed by atoms with E-state index in [4.69, 9.17) is 37.4 Å². The highest BCUT2D eigenvalue weighted by Crippen LogP contribution is 2.28. The largest absolute Gasteiger partial charge is 0.493 e. The Morgan fingerprint density at radius 2 is 1.67 bits per heavy atom. The maximum absolute atomic E-state index is 12.5. The Bertz CT molecular complexity index is 1120. The molecular formula is C25H24Cl2N2O4. The minimum atomic E-state index is -0.391. The number of carbonyl (C=O) groups excluding carboxylic acids is 1. The van der Waals surface area contributed by atoms with Gasteiger partial charge in [0.1, 0.15) is 12.4 Å². The fourth-order valence-electron chi connectivity index (χ4n) is 2.86. The van der Waals surface area contributed by atoms with E-state index in [0.29, 0.717) is 51.6 Å². The van der Waals surface area contributed by atoms with Crippen molar-refractivity contribution in [1.29, 1.82) is 0 Å². The molecule has 0 atom stereocenters. The lowest BCUT2D eigenvalue weighted by Gasteiger charge is -2.11. The average molecular weight is 487 g/mol. The molecule has 6 nitrogen and oxygen atoms in total. The first-order valence-electron chi connectivity index (χ1n) is 10.3. The van der Waals surface area contributed by atoms with E-state index >= 15 is 0 Å². The van der Waals surface area contributed by atoms with Crippen LogP contribution >= 0.6 is 23.2 Å². The van der Waals surface area contributed by atoms with Gasteiger partial charge in [-0.25, -0.2) is 5.43 Å². The van der Waals surface area contributed by atoms with Crippen molar-refractivity contribution in [2.24, 2.45) is 5.10 Å². The van der Waals surface area contributed by atoms with Crippen LogP contribution in [0.3, 0.4) is 0 Å². The smallest absolute Gasteiger partial charge is 0.271 e. The number of hydrazone groups is 1. The summed E-state index contributed by atoms with van der Waals surface area (Å²) in [4.78, 5) is 12.5. The normalized spacial score (nSPS) is 10.8. The number of nitrogens with zero attached hydrogens (tertiary/aromatic N) is 1. The molecule has 0 heterocycles. The monoisotopic (exact) mass is 486 g/mol. The third-order valence-corrected chi connectivity index (χ3v) is 5.02. The van der Waals surface area contributed by atoms with Gasteiger partial charge in [-0.2, -0.15) is 5.10 Å². The highest BCUT2D eigenvalue weighted by Gasteiger charge is 2.11. The van der Waals surface area contributed by atoms with Gasteiger partial charge in [0, 0.05) is 21.2 Å². The molecule has 33 heavy (non-hydrogen) atoms. The minimum Gasteiger partial charge on any atom is -0.493 e. The van der Waals surface area contributed by atoms with Crippen LogP contribution < -0.4 is 19.6 Å². The molecule has 172 valence electrons. The van der Waals surface area contributed by atoms with Gasteiger partial charge in [0.15, 0.2) is 11.5 Å². The van der Waals surface area contributed by atoms with E-state index in [2.05, 4.69) is 10.5 Å². The lowest BCUT2D eigenvalue weighted by atomic mass is 10.2. The Morgan fingerprint density at radius 1 is 0.939 bits per heavy atom. The molecule has 0 fully saturated rings. The molecule has 0 radical (unpaired) electrons. The molecule has 8 heteroatoms. The number of methoxy groups -OCH3 is 1. The van der Waals surface area contributed by atoms with Gasteiger partial charge >= 0.3 is 0 Å². The molecule has 1 N–H and O–H groups in total. The second kappa shape index (κ2) is 12.1. The maximum atomic E-state index is 12.5. The summed E-state index contributed by atoms with van der Waals surface area (Å²) < 4.78 is 16.8. The molecule has 1 amide bonds. The van der Waals surface area contributed by atoms with Crippen LogP contribution in [0.15, 0.2) is 65.8 Å². The molecule has 0 saturated heterocycles. The predicted octanol–water partition coefficient (Wildman–Crippen LogP) is 6.13. The summed E-state index contributed by atoms with van der Waals surface area (Å²) in [5.74, 6) is 1.25. The van der Waals surface area contributed by atoms with Crippen LogP contribution in [0.2, 0.25) is 10.0 Å². The van der Waals surface area contributed by atoms with Crippen molar-refractivity contribution in [2.75, 3.05) is 13.7 Å². The Kier molecular flexibility index (Phi) is 8.98. The number of halogens is 2. The van der Waals surface area contributed by atoms with Gasteiger partial charge in [0.25, 0.3) is 5.91 Å². The maximum Gasteiger partial charge on any atom is 0.271 e. The third kappa shape index (κ3) is 7.14. The molecule has 0 spiro atoms. The second-order valence-corrected chi connectivity index (χ2v) is 7.88. The number of carbonyl (C=O) groups is 1. The number of hydrogen-bond donors (Lipinski definition) is 1. The number of rotatable bonds is 10. The Labute approximate surface area is 203 Å². The van der Waals surface area contributed by atoms with Crippen molar-refractivity contribution < 1.29 is 19.0 Å². The number of amides is 1. The summed E-state index contributed by atoms with van der Waals surface area (Å²) in [6.45, 7) is 2.92. The summed E-state index contributed by atoms with van der Waals surface area (Å²) in [6, 6.07) is 17.5. The number of hydrogen-bond acceptors (Lipinski definition) is 5. The molecule has 0 saturated carbocycles. The van der Waals surface area contributed by atoms with Crippen LogP contribution in [-0.4, -0.2) is 25.8 Å². The van der Waals surface area contributed by atoms with Gasteiger partial charge in [-0.1, -0.05) is 42.3 Å². The Balaban J connectivity index is 1.67. The molecular weight excluding hydrogens is 463 g/mol. The van der Waals surface area contributed by atoms with Crippen molar-refractivity contribution >= 4 is 35.3 Å². The number of nitrogens with one attached hydrogen (secondary N) is 1. The van der Waals surface area contributed by atoms with Gasteiger partial charge < -0.3 is 14.2 Å². The first-order chi connectivity index (χ1) is 16.0. The molecule has 0 unspecified atom stereocenters. The highest BCUT2D eigenvalue weighted by molar-refractivity contribution is 6.31. The summed E-state index contributed by atoms with van der Waals surface area (Å²) in [5, 5.41) is 5.24. The first-order valence-corrected chi connectivity index (χ1v) is 11.1. The van der Waals surface area contributed by atoms with E-state index in [9.17, 15) is 4.79 Å². The van der Waals surface area contributed by atoms with Crippen LogP contribution in [0.4, 0.5) is 0 Å². The number of ether oxygens (including phenoxy) is 3. The molecule has 3 rings (SSSR count). The fourth-order valence-corrected chi connectivity index (χ4v) is 3.16. The first kappa shape index (κ1) is 24.4. The third-order valence-electron chi connectivity index (χ3n) is 4.54. The summed E-state index contributed by atoms with van der Waals surface area (Å²) in [5.41, 5.74) is 4.48. The lowest BCUT2D eigenvalue weighted by Crippen LogP contribution is -2.17. The van der Waals surface area contributed by atoms with Gasteiger partial charge in [0.2, 0.25) is 0 Å². The van der Waals surface area contributed by atoms with E-state index in [0.717, 1.165) is 12.0 Å². The van der Waals surface area contributed by atoms with E-state index in [1.54, 1.807) is 48.5 Å². The quantitative estimate of drug-likeness (QED) is 0.276. The standard InChI is InChI=1S/C25H24Cl2N2O4/c1-3-12-32-23-10-6-18(14-24(23)31-2)25(30)29-28-15-19-13-21(27)9-11-22(19)33-16-17-4-7-20(26)8-5-17/h4-11,13-15H,3,12,16H2,1-2H3,(H,29,30)/b28-15+. The Morgan fingerprint density at radius 3 is 2.39 bits per heavy atom. The molecule has 0 bridgehead atoms. The minimum absolute atomic E-state index is 0.345. The van der Waals surface area contributed by atoms with Crippen LogP contribution in [0.25, 0.3) is 0 Å². The molecule has 0 aliphatic carbocycles. The molecule has 0 aliphatic rings. The van der Waals surface area contributed by atoms with Crippen molar-refractivity contribution in [3.8, 4) is 17.2 Å². The summed E-state index contributed by atoms with van der Waals surface area (Å²) >= 11 is 12.1. The molecule has 3 aromatic rings. The van der Waals surface area contributed by atoms with Gasteiger partial charge in [-0.05, 0) is 60.5 Å². The van der Waals surface area contributed by atoms with Crippen LogP contribution in [0.5, 0.6) is 17.2 Å². The van der Waals surface area contributed by atoms with E-state index < -0.39 is 5.91 Å². The zero-order valence-corrected chi connectivity index (χ0v) is 19.8. The average Bonchev–Trinajstić information content (AvgIpc) is 2.83. The SMILES string of the molecule is CCCOc1ccc(C(=O)N/N=C/c2cc(Cl)ccc2OCc2ccc(Cl)cc2)cc1OC. The van der Waals surface area contributed by atoms with Crippen molar-refractivity contribution in [3.05, 3.63) is 87.4 Å². The zero-order chi connectivity index (χ0) is 23.6. The van der Waals surface area contributed by atoms with Gasteiger partial charge in [-0.3, -0.25) is 4.79 Å². The van der Waals surface area contributed by atoms with Crippen LogP contribution in [-0.2, 0) is 6.61 Å². The topological polar surface area (TPSA) is 69.2 Å². The number of benzene rings is 3. The molecule has 0 aromatic heterocycles. The summed E-state index contributed by atoms with van der Waals surface area (Å²) in [6.07, 6.45) is 2.35. The molecule has 0 aliphatic heterocycles. The van der Waals surface area contributed by atoms with Crippen LogP contribution in [0, 0.1) is 0 Å². The highest BCUT2D eigenvalue weighted by atomic mass is 35.5. The van der Waals surface area contributed by atoms with Crippen LogP contribution in [0.1, 0.15) is 34.8 Å². The zero-order valence-electron chi connectivity index (χ0n) is 18.3. The van der Waals surface area contributed by atoms with Gasteiger partial charge in [0.05, 0.1) is 19.9 Å². The Hall–Kier alpha value is -3.22. The van der Waals surface area contributed by atoms with E-state index in [1.165, 1.54) is 13.3 Å². The summed E-state index contributed by atoms with van der Waals surface area (Å²) in [7, 11) is 1.53. The fraction of sp³-hybridized carbons (Fsp3) is 0.200. The van der Waals surface area contributed by atoms with Crippen molar-refractivity contribution in [3.63, 3.8) is 0 Å². The second-order valence-electron chi connectivity index (χ2n) is 7.01. The van der Waals surface area contributed by atoms with Gasteiger partial charge in [-0.15, -0.1) is 0 Å². The lowest BCUT2D eigenvalue weighted by molar-refractivity contribution is 0.0954.